The molecule has 1 aromatic rings. The monoisotopic (exact) mass is 389 g/mol. The number of carbonyl (C=O) groups excluding carboxylic acids is 4. The Morgan fingerprint density at radius 1 is 1.20 bits per heavy atom. The average Bonchev–Trinajstić information content (AvgIpc) is 2.45. The summed E-state index contributed by atoms with van der Waals surface area (Å²) in [7, 11) is 0. The van der Waals surface area contributed by atoms with E-state index in [1.54, 1.807) is 0 Å². The van der Waals surface area contributed by atoms with E-state index in [4.69, 9.17) is 0 Å². The molecule has 0 heterocycles. The van der Waals surface area contributed by atoms with Gasteiger partial charge in [-0.2, -0.15) is 0 Å². The highest BCUT2D eigenvalue weighted by Crippen LogP contribution is 2.11. The van der Waals surface area contributed by atoms with Crippen LogP contribution in [0.4, 0.5) is 5.69 Å². The third kappa shape index (κ3) is 5.47. The number of hydrogen-bond acceptors (Lipinski definition) is 5. The lowest BCUT2D eigenvalue weighted by molar-refractivity contribution is -0.138. The first-order chi connectivity index (χ1) is 9.56. The normalized spacial score (nSPS) is 9.65. The molecule has 0 aromatic heterocycles. The minimum absolute atomic E-state index is 0.0212. The summed E-state index contributed by atoms with van der Waals surface area (Å²) in [5, 5.41) is 2.62. The van der Waals surface area contributed by atoms with Gasteiger partial charge in [-0.15, -0.1) is 0 Å². The minimum atomic E-state index is -0.785. The second kappa shape index (κ2) is 8.41. The fourth-order valence-electron chi connectivity index (χ4n) is 1.27. The van der Waals surface area contributed by atoms with Crippen molar-refractivity contribution in [2.24, 2.45) is 0 Å². The molecular formula is C13H12INO5. The summed E-state index contributed by atoms with van der Waals surface area (Å²) in [6.45, 7) is 0. The van der Waals surface area contributed by atoms with Crippen LogP contribution in [-0.4, -0.2) is 28.6 Å². The fourth-order valence-corrected chi connectivity index (χ4v) is 1.46. The van der Waals surface area contributed by atoms with Gasteiger partial charge >= 0.3 is 11.9 Å². The molecule has 106 valence electrons. The number of ether oxygens (including phenoxy) is 1. The molecule has 0 saturated heterocycles. The highest BCUT2D eigenvalue weighted by molar-refractivity contribution is 14.1. The van der Waals surface area contributed by atoms with Crippen molar-refractivity contribution < 1.29 is 23.9 Å². The largest absolute Gasteiger partial charge is 0.389 e. The van der Waals surface area contributed by atoms with Crippen molar-refractivity contribution in [3.63, 3.8) is 0 Å². The average molecular weight is 389 g/mol. The third-order valence-electron chi connectivity index (χ3n) is 2.20. The van der Waals surface area contributed by atoms with Crippen LogP contribution in [0.15, 0.2) is 24.3 Å². The summed E-state index contributed by atoms with van der Waals surface area (Å²) in [5.41, 5.74) is 0.743. The van der Waals surface area contributed by atoms with Crippen molar-refractivity contribution in [3.8, 4) is 0 Å². The zero-order valence-electron chi connectivity index (χ0n) is 10.4. The van der Waals surface area contributed by atoms with Crippen molar-refractivity contribution in [3.05, 3.63) is 29.8 Å². The van der Waals surface area contributed by atoms with Crippen LogP contribution >= 0.6 is 22.6 Å². The molecule has 0 radical (unpaired) electrons. The highest BCUT2D eigenvalue weighted by atomic mass is 127. The van der Waals surface area contributed by atoms with E-state index in [0.717, 1.165) is 0 Å². The zero-order valence-corrected chi connectivity index (χ0v) is 12.6. The molecule has 0 spiro atoms. The number of carbonyl (C=O) groups is 4. The molecule has 0 fully saturated rings. The molecule has 1 aromatic carbocycles. The van der Waals surface area contributed by atoms with Crippen molar-refractivity contribution in [2.75, 3.05) is 9.74 Å². The van der Waals surface area contributed by atoms with E-state index in [1.165, 1.54) is 24.3 Å². The van der Waals surface area contributed by atoms with Crippen molar-refractivity contribution in [2.45, 2.75) is 12.8 Å². The topological polar surface area (TPSA) is 89.5 Å². The fraction of sp³-hybridized carbons (Fsp3) is 0.231. The standard InChI is InChI=1S/C13H12INO5/c14-8-11(17)15-10-5-3-9(4-6-10)13(19)20-12(18)2-1-7-16/h3-7H,1-2,8H2,(H,15,17). The van der Waals surface area contributed by atoms with Crippen LogP contribution < -0.4 is 5.32 Å². The number of nitrogens with one attached hydrogen (secondary N) is 1. The Kier molecular flexibility index (Phi) is 6.85. The summed E-state index contributed by atoms with van der Waals surface area (Å²) in [6, 6.07) is 5.96. The van der Waals surface area contributed by atoms with Gasteiger partial charge in [0.05, 0.1) is 16.4 Å². The van der Waals surface area contributed by atoms with E-state index in [0.29, 0.717) is 16.4 Å². The van der Waals surface area contributed by atoms with Gasteiger partial charge in [0.25, 0.3) is 0 Å². The second-order valence-corrected chi connectivity index (χ2v) is 4.49. The number of aldehydes is 1. The van der Waals surface area contributed by atoms with Gasteiger partial charge in [0.2, 0.25) is 5.91 Å². The van der Waals surface area contributed by atoms with Gasteiger partial charge in [-0.3, -0.25) is 9.59 Å². The lowest BCUT2D eigenvalue weighted by atomic mass is 10.2. The number of anilines is 1. The molecular weight excluding hydrogens is 377 g/mol. The molecule has 1 N–H and O–H groups in total. The van der Waals surface area contributed by atoms with E-state index < -0.39 is 11.9 Å². The SMILES string of the molecule is O=CCCC(=O)OC(=O)c1ccc(NC(=O)CI)cc1. The number of rotatable bonds is 6. The first-order valence-corrected chi connectivity index (χ1v) is 7.24. The van der Waals surface area contributed by atoms with Gasteiger partial charge < -0.3 is 14.8 Å². The van der Waals surface area contributed by atoms with E-state index in [-0.39, 0.29) is 24.3 Å². The van der Waals surface area contributed by atoms with Crippen LogP contribution in [0.5, 0.6) is 0 Å². The van der Waals surface area contributed by atoms with Gasteiger partial charge in [0.1, 0.15) is 6.29 Å². The maximum atomic E-state index is 11.6. The number of halogens is 1. The second-order valence-electron chi connectivity index (χ2n) is 3.73. The highest BCUT2D eigenvalue weighted by Gasteiger charge is 2.12. The quantitative estimate of drug-likeness (QED) is 0.263. The van der Waals surface area contributed by atoms with Crippen LogP contribution in [0.1, 0.15) is 23.2 Å². The molecule has 0 bridgehead atoms. The van der Waals surface area contributed by atoms with E-state index in [1.807, 2.05) is 22.6 Å². The van der Waals surface area contributed by atoms with E-state index in [9.17, 15) is 19.2 Å². The molecule has 0 saturated carbocycles. The first-order valence-electron chi connectivity index (χ1n) is 5.71. The summed E-state index contributed by atoms with van der Waals surface area (Å²) in [5.74, 6) is -1.68. The molecule has 6 nitrogen and oxygen atoms in total. The third-order valence-corrected chi connectivity index (χ3v) is 2.89. The maximum Gasteiger partial charge on any atom is 0.345 e. The van der Waals surface area contributed by atoms with Crippen LogP contribution in [0.25, 0.3) is 0 Å². The molecule has 0 aliphatic rings. The van der Waals surface area contributed by atoms with Crippen LogP contribution in [-0.2, 0) is 19.1 Å². The zero-order chi connectivity index (χ0) is 15.0. The molecule has 7 heteroatoms. The maximum absolute atomic E-state index is 11.6. The van der Waals surface area contributed by atoms with E-state index in [2.05, 4.69) is 10.1 Å². The smallest absolute Gasteiger partial charge is 0.345 e. The molecule has 1 rings (SSSR count). The van der Waals surface area contributed by atoms with Gasteiger partial charge in [-0.05, 0) is 24.3 Å². The predicted octanol–water partition coefficient (Wildman–Crippen LogP) is 1.72. The molecule has 20 heavy (non-hydrogen) atoms. The number of amides is 1. The van der Waals surface area contributed by atoms with Gasteiger partial charge in [-0.25, -0.2) is 4.79 Å². The van der Waals surface area contributed by atoms with Gasteiger partial charge in [-0.1, -0.05) is 22.6 Å². The van der Waals surface area contributed by atoms with Gasteiger partial charge in [0, 0.05) is 12.1 Å². The Bertz CT molecular complexity index is 512. The van der Waals surface area contributed by atoms with E-state index >= 15 is 0 Å². The Morgan fingerprint density at radius 3 is 2.40 bits per heavy atom. The lowest BCUT2D eigenvalue weighted by Crippen LogP contribution is -2.14. The Balaban J connectivity index is 2.59. The molecule has 0 aliphatic heterocycles. The number of benzene rings is 1. The minimum Gasteiger partial charge on any atom is -0.389 e. The molecule has 1 amide bonds. The Morgan fingerprint density at radius 2 is 1.85 bits per heavy atom. The van der Waals surface area contributed by atoms with Gasteiger partial charge in [0.15, 0.2) is 0 Å². The molecule has 0 unspecified atom stereocenters. The lowest BCUT2D eigenvalue weighted by Gasteiger charge is -2.05. The Hall–Kier alpha value is -1.77. The van der Waals surface area contributed by atoms with Crippen LogP contribution in [0, 0.1) is 0 Å². The molecule has 0 atom stereocenters. The summed E-state index contributed by atoms with van der Waals surface area (Å²) >= 11 is 1.93. The predicted molar refractivity (Wildman–Crippen MR) is 79.7 cm³/mol. The number of alkyl halides is 1. The number of hydrogen-bond donors (Lipinski definition) is 1. The van der Waals surface area contributed by atoms with Crippen molar-refractivity contribution >= 4 is 52.4 Å². The summed E-state index contributed by atoms with van der Waals surface area (Å²) in [6.07, 6.45) is 0.475. The summed E-state index contributed by atoms with van der Waals surface area (Å²) in [4.78, 5) is 44.0. The summed E-state index contributed by atoms with van der Waals surface area (Å²) < 4.78 is 4.88. The number of esters is 2. The van der Waals surface area contributed by atoms with Crippen LogP contribution in [0.3, 0.4) is 0 Å². The van der Waals surface area contributed by atoms with Crippen molar-refractivity contribution in [1.82, 2.24) is 0 Å². The van der Waals surface area contributed by atoms with Crippen LogP contribution in [0.2, 0.25) is 0 Å². The first kappa shape index (κ1) is 16.3. The van der Waals surface area contributed by atoms with Crippen molar-refractivity contribution in [1.29, 1.82) is 0 Å². The molecule has 0 aliphatic carbocycles. The Labute approximate surface area is 129 Å².